The number of carbonyl (C=O) groups excluding carboxylic acids is 1. The summed E-state index contributed by atoms with van der Waals surface area (Å²) in [4.78, 5) is 12.0. The smallest absolute Gasteiger partial charge is 0.334 e. The van der Waals surface area contributed by atoms with Gasteiger partial charge < -0.3 is 18.9 Å². The largest absolute Gasteiger partial charge is 0.459 e. The molecule has 1 fully saturated rings. The van der Waals surface area contributed by atoms with Crippen molar-refractivity contribution >= 4 is 13.6 Å². The average Bonchev–Trinajstić information content (AvgIpc) is 2.73. The molecule has 3 atom stereocenters. The molecule has 0 aromatic carbocycles. The fraction of sp³-hybridized carbons (Fsp3) is 0.870. The number of carbonyl (C=O) groups is 1. The molecular formula is C23H43O6P. The number of ether oxygens (including phenoxy) is 1. The monoisotopic (exact) mass is 446 g/mol. The molecule has 1 N–H and O–H groups in total. The standard InChI is InChI=1S/C23H43O6P/c1-3-4-5-6-7-8-9-10-11-12-13-14-15-16-17-18-23(25)29-22-20-30(26,27-2)28-19-21(22)24/h10-11,21-22,24H,3-9,12-20H2,1-2H3/b11-10-/t21-,22+,30?/m1/s1. The molecule has 0 aromatic rings. The highest BCUT2D eigenvalue weighted by molar-refractivity contribution is 7.53. The predicted molar refractivity (Wildman–Crippen MR) is 121 cm³/mol. The molecule has 30 heavy (non-hydrogen) atoms. The van der Waals surface area contributed by atoms with E-state index in [-0.39, 0.29) is 18.7 Å². The molecular weight excluding hydrogens is 403 g/mol. The fourth-order valence-electron chi connectivity index (χ4n) is 3.50. The van der Waals surface area contributed by atoms with E-state index in [1.54, 1.807) is 0 Å². The Morgan fingerprint density at radius 3 is 2.17 bits per heavy atom. The van der Waals surface area contributed by atoms with E-state index < -0.39 is 19.8 Å². The SMILES string of the molecule is CCCCCCCC/C=C\CCCCCCCC(=O)O[C@H]1CP(=O)(OC)OC[C@H]1O. The van der Waals surface area contributed by atoms with Gasteiger partial charge in [-0.1, -0.05) is 70.4 Å². The van der Waals surface area contributed by atoms with Gasteiger partial charge in [0.2, 0.25) is 0 Å². The van der Waals surface area contributed by atoms with Crippen LogP contribution in [0.1, 0.15) is 96.8 Å². The molecule has 0 saturated carbocycles. The zero-order chi connectivity index (χ0) is 22.1. The van der Waals surface area contributed by atoms with Crippen LogP contribution in [-0.4, -0.2) is 43.2 Å². The van der Waals surface area contributed by atoms with Gasteiger partial charge in [0.05, 0.1) is 12.8 Å². The van der Waals surface area contributed by atoms with Gasteiger partial charge in [0.1, 0.15) is 12.2 Å². The van der Waals surface area contributed by atoms with Gasteiger partial charge in [-0.05, 0) is 32.1 Å². The van der Waals surface area contributed by atoms with Crippen molar-refractivity contribution in [2.45, 2.75) is 109 Å². The van der Waals surface area contributed by atoms with E-state index in [1.165, 1.54) is 64.9 Å². The van der Waals surface area contributed by atoms with Gasteiger partial charge in [0.25, 0.3) is 0 Å². The van der Waals surface area contributed by atoms with Gasteiger partial charge in [-0.2, -0.15) is 0 Å². The molecule has 6 nitrogen and oxygen atoms in total. The Kier molecular flexibility index (Phi) is 15.4. The van der Waals surface area contributed by atoms with Gasteiger partial charge in [0.15, 0.2) is 0 Å². The van der Waals surface area contributed by atoms with Crippen molar-refractivity contribution in [3.8, 4) is 0 Å². The molecule has 0 aliphatic carbocycles. The third-order valence-corrected chi connectivity index (χ3v) is 7.38. The second-order valence-electron chi connectivity index (χ2n) is 8.20. The van der Waals surface area contributed by atoms with Crippen molar-refractivity contribution in [1.29, 1.82) is 0 Å². The van der Waals surface area contributed by atoms with Crippen LogP contribution in [0.3, 0.4) is 0 Å². The zero-order valence-electron chi connectivity index (χ0n) is 19.1. The number of hydrogen-bond acceptors (Lipinski definition) is 6. The van der Waals surface area contributed by atoms with Crippen molar-refractivity contribution in [2.24, 2.45) is 0 Å². The van der Waals surface area contributed by atoms with Crippen LogP contribution in [0.2, 0.25) is 0 Å². The Hall–Kier alpha value is -0.680. The van der Waals surface area contributed by atoms with E-state index in [0.717, 1.165) is 25.7 Å². The molecule has 0 amide bonds. The lowest BCUT2D eigenvalue weighted by Gasteiger charge is -2.31. The molecule has 1 aliphatic rings. The molecule has 1 saturated heterocycles. The van der Waals surface area contributed by atoms with Crippen molar-refractivity contribution in [1.82, 2.24) is 0 Å². The maximum absolute atomic E-state index is 12.1. The number of rotatable bonds is 17. The van der Waals surface area contributed by atoms with Crippen LogP contribution in [0.5, 0.6) is 0 Å². The summed E-state index contributed by atoms with van der Waals surface area (Å²) in [5.41, 5.74) is 0. The Balaban J connectivity index is 1.95. The van der Waals surface area contributed by atoms with Crippen LogP contribution in [0.15, 0.2) is 12.2 Å². The van der Waals surface area contributed by atoms with Gasteiger partial charge in [-0.3, -0.25) is 9.36 Å². The number of esters is 1. The summed E-state index contributed by atoms with van der Waals surface area (Å²) in [5.74, 6) is -0.360. The van der Waals surface area contributed by atoms with Crippen molar-refractivity contribution in [3.63, 3.8) is 0 Å². The molecule has 1 unspecified atom stereocenters. The normalized spacial score (nSPS) is 24.4. The Labute approximate surface area is 183 Å². The Bertz CT molecular complexity index is 522. The predicted octanol–water partition coefficient (Wildman–Crippen LogP) is 6.17. The summed E-state index contributed by atoms with van der Waals surface area (Å²) in [6, 6.07) is 0. The van der Waals surface area contributed by atoms with Crippen LogP contribution in [-0.2, 0) is 23.1 Å². The molecule has 0 spiro atoms. The highest BCUT2D eigenvalue weighted by atomic mass is 31.2. The minimum atomic E-state index is -3.25. The average molecular weight is 447 g/mol. The molecule has 176 valence electrons. The van der Waals surface area contributed by atoms with Crippen LogP contribution < -0.4 is 0 Å². The van der Waals surface area contributed by atoms with Crippen molar-refractivity contribution in [2.75, 3.05) is 19.9 Å². The lowest BCUT2D eigenvalue weighted by Crippen LogP contribution is -2.41. The Morgan fingerprint density at radius 2 is 1.57 bits per heavy atom. The van der Waals surface area contributed by atoms with Gasteiger partial charge in [-0.15, -0.1) is 0 Å². The molecule has 0 radical (unpaired) electrons. The fourth-order valence-corrected chi connectivity index (χ4v) is 5.00. The first-order chi connectivity index (χ1) is 14.5. The first kappa shape index (κ1) is 27.4. The summed E-state index contributed by atoms with van der Waals surface area (Å²) < 4.78 is 27.3. The first-order valence-corrected chi connectivity index (χ1v) is 13.6. The maximum atomic E-state index is 12.1. The van der Waals surface area contributed by atoms with E-state index >= 15 is 0 Å². The molecule has 0 aromatic heterocycles. The lowest BCUT2D eigenvalue weighted by molar-refractivity contribution is -0.156. The molecule has 1 aliphatic heterocycles. The van der Waals surface area contributed by atoms with Crippen LogP contribution >= 0.6 is 7.60 Å². The number of aliphatic hydroxyl groups excluding tert-OH is 1. The van der Waals surface area contributed by atoms with Gasteiger partial charge in [0, 0.05) is 13.5 Å². The van der Waals surface area contributed by atoms with E-state index in [4.69, 9.17) is 13.8 Å². The third kappa shape index (κ3) is 12.9. The minimum Gasteiger partial charge on any atom is -0.459 e. The van der Waals surface area contributed by atoms with Gasteiger partial charge >= 0.3 is 13.6 Å². The third-order valence-electron chi connectivity index (χ3n) is 5.48. The van der Waals surface area contributed by atoms with E-state index in [2.05, 4.69) is 19.1 Å². The van der Waals surface area contributed by atoms with Gasteiger partial charge in [-0.25, -0.2) is 0 Å². The van der Waals surface area contributed by atoms with Crippen molar-refractivity contribution < 1.29 is 28.3 Å². The zero-order valence-corrected chi connectivity index (χ0v) is 20.0. The van der Waals surface area contributed by atoms with Crippen LogP contribution in [0, 0.1) is 0 Å². The molecule has 1 rings (SSSR count). The summed E-state index contributed by atoms with van der Waals surface area (Å²) in [5, 5.41) is 9.87. The molecule has 1 heterocycles. The first-order valence-electron chi connectivity index (χ1n) is 11.8. The maximum Gasteiger partial charge on any atom is 0.334 e. The van der Waals surface area contributed by atoms with E-state index in [0.29, 0.717) is 6.42 Å². The highest BCUT2D eigenvalue weighted by Crippen LogP contribution is 2.51. The topological polar surface area (TPSA) is 82.1 Å². The number of hydrogen-bond donors (Lipinski definition) is 1. The summed E-state index contributed by atoms with van der Waals surface area (Å²) in [6.45, 7) is 2.11. The Morgan fingerprint density at radius 1 is 1.00 bits per heavy atom. The second-order valence-corrected chi connectivity index (χ2v) is 10.4. The molecule has 7 heteroatoms. The van der Waals surface area contributed by atoms with Crippen LogP contribution in [0.4, 0.5) is 0 Å². The van der Waals surface area contributed by atoms with E-state index in [1.807, 2.05) is 0 Å². The summed E-state index contributed by atoms with van der Waals surface area (Å²) in [7, 11) is -1.96. The highest BCUT2D eigenvalue weighted by Gasteiger charge is 2.40. The van der Waals surface area contributed by atoms with Crippen molar-refractivity contribution in [3.05, 3.63) is 12.2 Å². The minimum absolute atomic E-state index is 0.0945. The number of aliphatic hydroxyl groups is 1. The number of allylic oxidation sites excluding steroid dienone is 2. The van der Waals surface area contributed by atoms with E-state index in [9.17, 15) is 14.5 Å². The quantitative estimate of drug-likeness (QED) is 0.125. The number of unbranched alkanes of at least 4 members (excludes halogenated alkanes) is 11. The summed E-state index contributed by atoms with van der Waals surface area (Å²) in [6.07, 6.45) is 18.7. The second kappa shape index (κ2) is 16.9. The van der Waals surface area contributed by atoms with Crippen LogP contribution in [0.25, 0.3) is 0 Å². The lowest BCUT2D eigenvalue weighted by atomic mass is 10.1. The summed E-state index contributed by atoms with van der Waals surface area (Å²) >= 11 is 0. The molecule has 0 bridgehead atoms.